The van der Waals surface area contributed by atoms with E-state index in [-0.39, 0.29) is 23.2 Å². The van der Waals surface area contributed by atoms with Crippen molar-refractivity contribution < 1.29 is 9.59 Å². The van der Waals surface area contributed by atoms with Crippen molar-refractivity contribution in [2.24, 2.45) is 4.36 Å². The molecule has 0 saturated heterocycles. The van der Waals surface area contributed by atoms with Gasteiger partial charge in [-0.15, -0.1) is 22.9 Å². The van der Waals surface area contributed by atoms with E-state index in [1.54, 1.807) is 0 Å². The molecule has 0 aromatic carbocycles. The minimum atomic E-state index is -0.664. The van der Waals surface area contributed by atoms with Crippen LogP contribution in [-0.4, -0.2) is 29.5 Å². The highest BCUT2D eigenvalue weighted by molar-refractivity contribution is 7.89. The van der Waals surface area contributed by atoms with Gasteiger partial charge in [-0.3, -0.25) is 4.79 Å². The molecule has 24 heavy (non-hydrogen) atoms. The monoisotopic (exact) mass is 406 g/mol. The third kappa shape index (κ3) is 4.03. The Morgan fingerprint density at radius 3 is 2.71 bits per heavy atom. The van der Waals surface area contributed by atoms with Crippen LogP contribution in [0.4, 0.5) is 4.79 Å². The molecule has 1 atom stereocenters. The largest absolute Gasteiger partial charge is 0.347 e. The molecule has 2 amide bonds. The number of nitrogens with one attached hydrogen (secondary N) is 1. The van der Waals surface area contributed by atoms with Crippen molar-refractivity contribution in [3.8, 4) is 0 Å². The predicted octanol–water partition coefficient (Wildman–Crippen LogP) is 4.97. The molecule has 1 fully saturated rings. The van der Waals surface area contributed by atoms with Gasteiger partial charge in [0.15, 0.2) is 5.78 Å². The maximum atomic E-state index is 12.3. The molecule has 8 heteroatoms. The molecule has 2 aliphatic rings. The number of alkyl halides is 1. The minimum Gasteiger partial charge on any atom is -0.333 e. The van der Waals surface area contributed by atoms with E-state index in [1.165, 1.54) is 11.3 Å². The summed E-state index contributed by atoms with van der Waals surface area (Å²) in [5, 5.41) is 3.19. The van der Waals surface area contributed by atoms with Crippen LogP contribution in [-0.2, 0) is 17.1 Å². The van der Waals surface area contributed by atoms with E-state index in [0.29, 0.717) is 10.8 Å². The SMILES string of the molecule is C/S(=N\C(=O)NC1CCC(Cl)CC1)c1sc(Cl)c2c1C(=O)CCC2. The third-order valence-electron chi connectivity index (χ3n) is 4.51. The maximum absolute atomic E-state index is 12.3. The van der Waals surface area contributed by atoms with Crippen LogP contribution in [0.2, 0.25) is 4.34 Å². The molecule has 132 valence electrons. The fraction of sp³-hybridized carbons (Fsp3) is 0.625. The molecule has 1 unspecified atom stereocenters. The fourth-order valence-electron chi connectivity index (χ4n) is 3.24. The topological polar surface area (TPSA) is 58.5 Å². The minimum absolute atomic E-state index is 0.129. The molecule has 1 heterocycles. The van der Waals surface area contributed by atoms with E-state index in [2.05, 4.69) is 9.68 Å². The average Bonchev–Trinajstić information content (AvgIpc) is 2.88. The van der Waals surface area contributed by atoms with Crippen LogP contribution in [0, 0.1) is 0 Å². The lowest BCUT2D eigenvalue weighted by molar-refractivity contribution is 0.0970. The second-order valence-corrected chi connectivity index (χ2v) is 10.3. The zero-order valence-electron chi connectivity index (χ0n) is 13.4. The summed E-state index contributed by atoms with van der Waals surface area (Å²) < 4.78 is 5.78. The smallest absolute Gasteiger partial charge is 0.333 e. The molecular formula is C16H20Cl2N2O2S2. The number of urea groups is 1. The van der Waals surface area contributed by atoms with Gasteiger partial charge < -0.3 is 5.32 Å². The highest BCUT2D eigenvalue weighted by atomic mass is 35.5. The van der Waals surface area contributed by atoms with Crippen LogP contribution >= 0.6 is 34.5 Å². The highest BCUT2D eigenvalue weighted by Gasteiger charge is 2.27. The van der Waals surface area contributed by atoms with Gasteiger partial charge in [0.2, 0.25) is 0 Å². The second kappa shape index (κ2) is 7.85. The number of carbonyl (C=O) groups is 2. The van der Waals surface area contributed by atoms with Crippen molar-refractivity contribution in [2.75, 3.05) is 6.26 Å². The van der Waals surface area contributed by atoms with Gasteiger partial charge in [-0.05, 0) is 50.3 Å². The molecule has 4 nitrogen and oxygen atoms in total. The molecular weight excluding hydrogens is 387 g/mol. The summed E-state index contributed by atoms with van der Waals surface area (Å²) in [4.78, 5) is 24.5. The molecule has 0 aliphatic heterocycles. The lowest BCUT2D eigenvalue weighted by Crippen LogP contribution is -2.36. The summed E-state index contributed by atoms with van der Waals surface area (Å²) in [6.45, 7) is 0. The summed E-state index contributed by atoms with van der Waals surface area (Å²) in [5.41, 5.74) is 1.67. The van der Waals surface area contributed by atoms with Crippen molar-refractivity contribution in [3.05, 3.63) is 15.5 Å². The number of rotatable bonds is 2. The summed E-state index contributed by atoms with van der Waals surface area (Å²) in [6.07, 6.45) is 7.75. The highest BCUT2D eigenvalue weighted by Crippen LogP contribution is 2.39. The maximum Gasteiger partial charge on any atom is 0.347 e. The molecule has 0 bridgehead atoms. The first-order valence-corrected chi connectivity index (χ1v) is 11.3. The van der Waals surface area contributed by atoms with Crippen LogP contribution in [0.3, 0.4) is 0 Å². The number of amides is 2. The number of hydrogen-bond donors (Lipinski definition) is 1. The van der Waals surface area contributed by atoms with Crippen molar-refractivity contribution >= 4 is 57.0 Å². The van der Waals surface area contributed by atoms with Gasteiger partial charge in [-0.2, -0.15) is 4.36 Å². The Hall–Kier alpha value is -0.430. The van der Waals surface area contributed by atoms with Gasteiger partial charge in [-0.25, -0.2) is 4.79 Å². The number of Topliss-reactive ketones (excluding diaryl/α,β-unsaturated/α-hetero) is 1. The lowest BCUT2D eigenvalue weighted by atomic mass is 9.95. The summed E-state index contributed by atoms with van der Waals surface area (Å²) in [6, 6.07) is -0.156. The summed E-state index contributed by atoms with van der Waals surface area (Å²) in [7, 11) is -0.664. The number of hydrogen-bond acceptors (Lipinski definition) is 3. The summed E-state index contributed by atoms with van der Waals surface area (Å²) >= 11 is 13.8. The predicted molar refractivity (Wildman–Crippen MR) is 101 cm³/mol. The summed E-state index contributed by atoms with van der Waals surface area (Å²) in [5.74, 6) is 0.129. The molecule has 0 spiro atoms. The van der Waals surface area contributed by atoms with Crippen LogP contribution < -0.4 is 5.32 Å². The average molecular weight is 407 g/mol. The number of carbonyl (C=O) groups excluding carboxylic acids is 2. The Balaban J connectivity index is 1.74. The number of ketones is 1. The Labute approximate surface area is 158 Å². The molecule has 0 radical (unpaired) electrons. The molecule has 1 aromatic heterocycles. The van der Waals surface area contributed by atoms with Gasteiger partial charge in [0.25, 0.3) is 0 Å². The number of nitrogens with zero attached hydrogens (tertiary/aromatic N) is 1. The third-order valence-corrected chi connectivity index (χ3v) is 8.37. The number of thiophene rings is 1. The van der Waals surface area contributed by atoms with E-state index in [0.717, 1.165) is 53.9 Å². The van der Waals surface area contributed by atoms with Crippen LogP contribution in [0.15, 0.2) is 8.57 Å². The van der Waals surface area contributed by atoms with E-state index >= 15 is 0 Å². The van der Waals surface area contributed by atoms with Crippen molar-refractivity contribution in [1.29, 1.82) is 0 Å². The zero-order chi connectivity index (χ0) is 17.3. The number of halogens is 2. The second-order valence-electron chi connectivity index (χ2n) is 6.26. The molecule has 1 saturated carbocycles. The first-order valence-electron chi connectivity index (χ1n) is 8.12. The number of fused-ring (bicyclic) bond motifs is 1. The van der Waals surface area contributed by atoms with Crippen molar-refractivity contribution in [2.45, 2.75) is 60.6 Å². The normalized spacial score (nSPS) is 25.4. The van der Waals surface area contributed by atoms with Gasteiger partial charge in [0.1, 0.15) is 0 Å². The van der Waals surface area contributed by atoms with Gasteiger partial charge in [0, 0.05) is 23.4 Å². The van der Waals surface area contributed by atoms with Crippen molar-refractivity contribution in [3.63, 3.8) is 0 Å². The van der Waals surface area contributed by atoms with Gasteiger partial charge in [0.05, 0.1) is 8.55 Å². The molecule has 1 N–H and O–H groups in total. The standard InChI is InChI=1S/C16H20Cl2N2O2S2/c1-24(20-16(22)19-10-7-5-9(17)6-8-10)15-13-11(14(18)23-15)3-2-4-12(13)21/h9-10H,2-8H2,1H3,(H,19,22). The Morgan fingerprint density at radius 1 is 1.29 bits per heavy atom. The van der Waals surface area contributed by atoms with E-state index in [9.17, 15) is 9.59 Å². The Bertz CT molecular complexity index is 694. The Kier molecular flexibility index (Phi) is 6.01. The van der Waals surface area contributed by atoms with Crippen LogP contribution in [0.1, 0.15) is 54.4 Å². The van der Waals surface area contributed by atoms with Crippen molar-refractivity contribution in [1.82, 2.24) is 5.32 Å². The van der Waals surface area contributed by atoms with Crippen LogP contribution in [0.5, 0.6) is 0 Å². The molecule has 1 aromatic rings. The molecule has 3 rings (SSSR count). The van der Waals surface area contributed by atoms with E-state index in [4.69, 9.17) is 23.2 Å². The fourth-order valence-corrected chi connectivity index (χ4v) is 6.64. The van der Waals surface area contributed by atoms with Crippen LogP contribution in [0.25, 0.3) is 0 Å². The van der Waals surface area contributed by atoms with Gasteiger partial charge in [-0.1, -0.05) is 22.3 Å². The zero-order valence-corrected chi connectivity index (χ0v) is 16.6. The Morgan fingerprint density at radius 2 is 2.00 bits per heavy atom. The lowest BCUT2D eigenvalue weighted by Gasteiger charge is -2.24. The van der Waals surface area contributed by atoms with E-state index in [1.807, 2.05) is 6.26 Å². The first-order chi connectivity index (χ1) is 11.5. The van der Waals surface area contributed by atoms with Gasteiger partial charge >= 0.3 is 6.03 Å². The first kappa shape index (κ1) is 18.4. The van der Waals surface area contributed by atoms with E-state index < -0.39 is 10.7 Å². The molecule has 2 aliphatic carbocycles. The quantitative estimate of drug-likeness (QED) is 0.704.